The molecule has 0 aliphatic carbocycles. The molecule has 0 aliphatic rings. The van der Waals surface area contributed by atoms with E-state index in [1.165, 1.54) is 25.3 Å². The Kier molecular flexibility index (Phi) is 9.74. The number of thioether (sulfide) groups is 1. The molecule has 35 heavy (non-hydrogen) atoms. The molecule has 1 N–H and O–H groups in total. The van der Waals surface area contributed by atoms with Crippen LogP contribution in [0.4, 0.5) is 5.69 Å². The minimum atomic E-state index is -4.03. The predicted octanol–water partition coefficient (Wildman–Crippen LogP) is 5.56. The van der Waals surface area contributed by atoms with Crippen molar-refractivity contribution in [3.63, 3.8) is 0 Å². The van der Waals surface area contributed by atoms with Crippen LogP contribution in [0.5, 0.6) is 5.75 Å². The second-order valence-electron chi connectivity index (χ2n) is 7.64. The van der Waals surface area contributed by atoms with E-state index in [9.17, 15) is 13.2 Å². The average Bonchev–Trinajstić information content (AvgIpc) is 2.83. The van der Waals surface area contributed by atoms with Gasteiger partial charge in [0, 0.05) is 23.1 Å². The van der Waals surface area contributed by atoms with Gasteiger partial charge in [0.05, 0.1) is 22.7 Å². The Bertz CT molecular complexity index is 1270. The van der Waals surface area contributed by atoms with Crippen LogP contribution in [0.15, 0.2) is 71.6 Å². The molecule has 0 saturated heterocycles. The first-order valence-corrected chi connectivity index (χ1v) is 14.1. The van der Waals surface area contributed by atoms with E-state index >= 15 is 0 Å². The van der Waals surface area contributed by atoms with Crippen molar-refractivity contribution in [3.8, 4) is 5.75 Å². The predicted molar refractivity (Wildman–Crippen MR) is 144 cm³/mol. The van der Waals surface area contributed by atoms with Crippen LogP contribution in [0.3, 0.4) is 0 Å². The number of hydrogen-bond donors (Lipinski definition) is 1. The summed E-state index contributed by atoms with van der Waals surface area (Å²) in [5.74, 6) is 1.35. The molecule has 0 spiro atoms. The highest BCUT2D eigenvalue weighted by molar-refractivity contribution is 7.98. The normalized spacial score (nSPS) is 11.2. The van der Waals surface area contributed by atoms with Gasteiger partial charge in [-0.25, -0.2) is 8.42 Å². The number of carbonyl (C=O) groups excluding carboxylic acids is 1. The Morgan fingerprint density at radius 2 is 1.74 bits per heavy atom. The maximum absolute atomic E-state index is 13.5. The second kappa shape index (κ2) is 12.5. The highest BCUT2D eigenvalue weighted by atomic mass is 35.5. The van der Waals surface area contributed by atoms with Crippen LogP contribution in [0.2, 0.25) is 10.0 Å². The Morgan fingerprint density at radius 1 is 1.03 bits per heavy atom. The number of ether oxygens (including phenoxy) is 1. The highest BCUT2D eigenvalue weighted by Gasteiger charge is 2.27. The van der Waals surface area contributed by atoms with Crippen molar-refractivity contribution in [3.05, 3.63) is 87.9 Å². The van der Waals surface area contributed by atoms with Crippen molar-refractivity contribution in [2.75, 3.05) is 30.3 Å². The molecule has 186 valence electrons. The molecule has 0 aromatic heterocycles. The molecule has 0 heterocycles. The molecule has 0 atom stereocenters. The van der Waals surface area contributed by atoms with Gasteiger partial charge in [-0.05, 0) is 48.9 Å². The van der Waals surface area contributed by atoms with Crippen molar-refractivity contribution in [2.45, 2.75) is 17.6 Å². The molecule has 3 rings (SSSR count). The van der Waals surface area contributed by atoms with E-state index in [0.717, 1.165) is 15.4 Å². The number of amides is 1. The minimum Gasteiger partial charge on any atom is -0.495 e. The monoisotopic (exact) mass is 552 g/mol. The Labute approximate surface area is 220 Å². The molecule has 0 fully saturated rings. The summed E-state index contributed by atoms with van der Waals surface area (Å²) in [6.07, 6.45) is 0. The zero-order valence-electron chi connectivity index (χ0n) is 19.3. The van der Waals surface area contributed by atoms with Crippen LogP contribution in [-0.2, 0) is 20.6 Å². The summed E-state index contributed by atoms with van der Waals surface area (Å²) >= 11 is 14.0. The fourth-order valence-corrected chi connectivity index (χ4v) is 6.02. The van der Waals surface area contributed by atoms with Gasteiger partial charge in [0.15, 0.2) is 0 Å². The number of carbonyl (C=O) groups is 1. The van der Waals surface area contributed by atoms with Gasteiger partial charge in [0.1, 0.15) is 12.3 Å². The molecule has 0 unspecified atom stereocenters. The van der Waals surface area contributed by atoms with Crippen molar-refractivity contribution in [2.24, 2.45) is 0 Å². The van der Waals surface area contributed by atoms with E-state index in [0.29, 0.717) is 28.8 Å². The zero-order valence-corrected chi connectivity index (χ0v) is 22.5. The number of nitrogens with one attached hydrogen (secondary N) is 1. The summed E-state index contributed by atoms with van der Waals surface area (Å²) in [6, 6.07) is 18.7. The van der Waals surface area contributed by atoms with E-state index in [4.69, 9.17) is 27.9 Å². The van der Waals surface area contributed by atoms with Crippen molar-refractivity contribution >= 4 is 56.6 Å². The molecule has 1 amide bonds. The number of nitrogens with zero attached hydrogens (tertiary/aromatic N) is 1. The summed E-state index contributed by atoms with van der Waals surface area (Å²) < 4.78 is 33.2. The van der Waals surface area contributed by atoms with Crippen LogP contribution in [0.1, 0.15) is 11.1 Å². The molecule has 6 nitrogen and oxygen atoms in total. The lowest BCUT2D eigenvalue weighted by Crippen LogP contribution is -2.41. The van der Waals surface area contributed by atoms with Gasteiger partial charge in [-0.1, -0.05) is 59.1 Å². The maximum Gasteiger partial charge on any atom is 0.264 e. The summed E-state index contributed by atoms with van der Waals surface area (Å²) in [5, 5.41) is 3.75. The third-order valence-electron chi connectivity index (χ3n) is 5.10. The van der Waals surface area contributed by atoms with Gasteiger partial charge < -0.3 is 10.1 Å². The lowest BCUT2D eigenvalue weighted by molar-refractivity contribution is -0.119. The zero-order chi connectivity index (χ0) is 25.4. The van der Waals surface area contributed by atoms with Gasteiger partial charge in [0.2, 0.25) is 5.91 Å². The summed E-state index contributed by atoms with van der Waals surface area (Å²) in [7, 11) is -2.55. The lowest BCUT2D eigenvalue weighted by Gasteiger charge is -2.24. The second-order valence-corrected chi connectivity index (χ2v) is 11.4. The molecular formula is C25H26Cl2N2O4S2. The topological polar surface area (TPSA) is 75.7 Å². The highest BCUT2D eigenvalue weighted by Crippen LogP contribution is 2.32. The van der Waals surface area contributed by atoms with Crippen molar-refractivity contribution < 1.29 is 17.9 Å². The maximum atomic E-state index is 13.5. The fourth-order valence-electron chi connectivity index (χ4n) is 3.21. The van der Waals surface area contributed by atoms with Gasteiger partial charge in [-0.3, -0.25) is 9.10 Å². The quantitative estimate of drug-likeness (QED) is 0.315. The molecule has 0 aliphatic heterocycles. The Hall–Kier alpha value is -2.39. The van der Waals surface area contributed by atoms with E-state index < -0.39 is 22.5 Å². The number of sulfonamides is 1. The van der Waals surface area contributed by atoms with E-state index in [1.54, 1.807) is 36.0 Å². The number of benzene rings is 3. The molecular weight excluding hydrogens is 527 g/mol. The summed E-state index contributed by atoms with van der Waals surface area (Å²) in [6.45, 7) is 1.86. The van der Waals surface area contributed by atoms with Crippen LogP contribution in [0.25, 0.3) is 0 Å². The lowest BCUT2D eigenvalue weighted by atomic mass is 10.2. The van der Waals surface area contributed by atoms with Crippen LogP contribution < -0.4 is 14.4 Å². The van der Waals surface area contributed by atoms with E-state index in [1.807, 2.05) is 31.2 Å². The van der Waals surface area contributed by atoms with Gasteiger partial charge >= 0.3 is 0 Å². The molecule has 0 bridgehead atoms. The fraction of sp³-hybridized carbons (Fsp3) is 0.240. The smallest absolute Gasteiger partial charge is 0.264 e. The number of methoxy groups -OCH3 is 1. The standard InChI is InChI=1S/C25H26Cl2N2O4S2/c1-18-7-10-21(11-8-18)35(31,32)29(20-9-12-24(33-2)23(27)15-20)16-25(30)28-13-14-34-17-19-5-3-4-6-22(19)26/h3-12,15H,13-14,16-17H2,1-2H3,(H,28,30). The minimum absolute atomic E-state index is 0.0816. The third kappa shape index (κ3) is 7.30. The summed E-state index contributed by atoms with van der Waals surface area (Å²) in [4.78, 5) is 12.8. The third-order valence-corrected chi connectivity index (χ3v) is 8.56. The van der Waals surface area contributed by atoms with Crippen LogP contribution >= 0.6 is 35.0 Å². The molecule has 10 heteroatoms. The molecule has 3 aromatic rings. The average molecular weight is 554 g/mol. The van der Waals surface area contributed by atoms with Crippen molar-refractivity contribution in [1.82, 2.24) is 5.32 Å². The van der Waals surface area contributed by atoms with Gasteiger partial charge in [0.25, 0.3) is 10.0 Å². The first kappa shape index (κ1) is 27.2. The number of rotatable bonds is 11. The first-order valence-electron chi connectivity index (χ1n) is 10.7. The number of halogens is 2. The number of aryl methyl sites for hydroxylation is 1. The molecule has 3 aromatic carbocycles. The van der Waals surface area contributed by atoms with Crippen molar-refractivity contribution in [1.29, 1.82) is 0 Å². The molecule has 0 radical (unpaired) electrons. The summed E-state index contributed by atoms with van der Waals surface area (Å²) in [5.41, 5.74) is 2.21. The Balaban J connectivity index is 1.70. The van der Waals surface area contributed by atoms with E-state index in [2.05, 4.69) is 5.32 Å². The number of hydrogen-bond acceptors (Lipinski definition) is 5. The first-order chi connectivity index (χ1) is 16.7. The Morgan fingerprint density at radius 3 is 2.40 bits per heavy atom. The van der Waals surface area contributed by atoms with Gasteiger partial charge in [-0.15, -0.1) is 0 Å². The SMILES string of the molecule is COc1ccc(N(CC(=O)NCCSCc2ccccc2Cl)S(=O)(=O)c2ccc(C)cc2)cc1Cl. The largest absolute Gasteiger partial charge is 0.495 e. The van der Waals surface area contributed by atoms with Crippen LogP contribution in [0, 0.1) is 6.92 Å². The molecule has 0 saturated carbocycles. The number of anilines is 1. The van der Waals surface area contributed by atoms with Crippen LogP contribution in [-0.4, -0.2) is 40.3 Å². The van der Waals surface area contributed by atoms with E-state index in [-0.39, 0.29) is 15.6 Å². The van der Waals surface area contributed by atoms with Gasteiger partial charge in [-0.2, -0.15) is 11.8 Å².